The number of likely N-dealkylation sites (tertiary alicyclic amines) is 1. The van der Waals surface area contributed by atoms with Gasteiger partial charge in [0.2, 0.25) is 0 Å². The summed E-state index contributed by atoms with van der Waals surface area (Å²) in [6.07, 6.45) is 15.2. The molecule has 3 rings (SSSR count). The van der Waals surface area contributed by atoms with Crippen LogP contribution < -0.4 is 10.6 Å². The fourth-order valence-electron chi connectivity index (χ4n) is 3.67. The maximum Gasteiger partial charge on any atom is 0.116 e. The van der Waals surface area contributed by atoms with Gasteiger partial charge in [0.1, 0.15) is 6.73 Å². The van der Waals surface area contributed by atoms with Gasteiger partial charge in [-0.1, -0.05) is 36.8 Å². The van der Waals surface area contributed by atoms with Crippen molar-refractivity contribution in [1.82, 2.24) is 4.90 Å². The quantitative estimate of drug-likeness (QED) is 0.390. The minimum atomic E-state index is 0.552. The summed E-state index contributed by atoms with van der Waals surface area (Å²) < 4.78 is 5.73. The van der Waals surface area contributed by atoms with Gasteiger partial charge in [-0.05, 0) is 75.9 Å². The number of rotatable bonds is 11. The lowest BCUT2D eigenvalue weighted by atomic mass is 10.0. The van der Waals surface area contributed by atoms with Crippen LogP contribution in [0.4, 0.5) is 11.4 Å². The Balaban J connectivity index is 1.29. The lowest BCUT2D eigenvalue weighted by Crippen LogP contribution is -2.33. The molecule has 4 nitrogen and oxygen atoms in total. The summed E-state index contributed by atoms with van der Waals surface area (Å²) in [4.78, 5) is 2.50. The molecule has 1 aliphatic heterocycles. The zero-order chi connectivity index (χ0) is 19.4. The second kappa shape index (κ2) is 11.7. The van der Waals surface area contributed by atoms with Crippen LogP contribution in [-0.4, -0.2) is 37.9 Å². The molecule has 0 aromatic heterocycles. The van der Waals surface area contributed by atoms with Crippen LogP contribution in [0.5, 0.6) is 0 Å². The van der Waals surface area contributed by atoms with Gasteiger partial charge < -0.3 is 20.3 Å². The maximum absolute atomic E-state index is 5.73. The van der Waals surface area contributed by atoms with Gasteiger partial charge in [0, 0.05) is 23.6 Å². The molecule has 1 aromatic carbocycles. The van der Waals surface area contributed by atoms with Gasteiger partial charge in [-0.25, -0.2) is 0 Å². The minimum Gasteiger partial charge on any atom is -0.363 e. The van der Waals surface area contributed by atoms with Crippen molar-refractivity contribution >= 4 is 11.4 Å². The Hall–Kier alpha value is -2.04. The second-order valence-corrected chi connectivity index (χ2v) is 7.70. The number of piperidine rings is 1. The van der Waals surface area contributed by atoms with Crippen LogP contribution in [-0.2, 0) is 4.74 Å². The van der Waals surface area contributed by atoms with Gasteiger partial charge in [0.25, 0.3) is 0 Å². The van der Waals surface area contributed by atoms with E-state index in [1.807, 2.05) is 0 Å². The predicted octanol–water partition coefficient (Wildman–Crippen LogP) is 5.54. The van der Waals surface area contributed by atoms with Crippen LogP contribution in [0, 0.1) is 0 Å². The fraction of sp³-hybridized carbons (Fsp3) is 0.500. The largest absolute Gasteiger partial charge is 0.363 e. The second-order valence-electron chi connectivity index (χ2n) is 7.70. The third-order valence-corrected chi connectivity index (χ3v) is 5.37. The molecule has 0 amide bonds. The predicted molar refractivity (Wildman–Crippen MR) is 120 cm³/mol. The highest BCUT2D eigenvalue weighted by Gasteiger charge is 2.08. The van der Waals surface area contributed by atoms with Crippen molar-refractivity contribution in [2.75, 3.05) is 43.6 Å². The van der Waals surface area contributed by atoms with Crippen LogP contribution in [0.15, 0.2) is 60.3 Å². The average molecular weight is 382 g/mol. The summed E-state index contributed by atoms with van der Waals surface area (Å²) >= 11 is 0. The zero-order valence-corrected chi connectivity index (χ0v) is 17.1. The normalized spacial score (nSPS) is 17.2. The molecule has 1 aliphatic carbocycles. The highest BCUT2D eigenvalue weighted by molar-refractivity contribution is 5.55. The lowest BCUT2D eigenvalue weighted by molar-refractivity contribution is 0.108. The Labute approximate surface area is 170 Å². The molecule has 1 saturated heterocycles. The molecule has 0 unspecified atom stereocenters. The van der Waals surface area contributed by atoms with E-state index in [2.05, 4.69) is 64.6 Å². The monoisotopic (exact) mass is 381 g/mol. The number of hydrogen-bond acceptors (Lipinski definition) is 4. The first-order valence-electron chi connectivity index (χ1n) is 10.7. The molecular formula is C24H35N3O. The first-order chi connectivity index (χ1) is 13.8. The molecule has 28 heavy (non-hydrogen) atoms. The molecule has 0 saturated carbocycles. The van der Waals surface area contributed by atoms with E-state index >= 15 is 0 Å². The van der Waals surface area contributed by atoms with Crippen LogP contribution in [0.3, 0.4) is 0 Å². The van der Waals surface area contributed by atoms with Gasteiger partial charge in [-0.3, -0.25) is 0 Å². The first-order valence-corrected chi connectivity index (χ1v) is 10.7. The molecular weight excluding hydrogens is 346 g/mol. The molecule has 1 heterocycles. The van der Waals surface area contributed by atoms with Crippen LogP contribution in [0.2, 0.25) is 0 Å². The van der Waals surface area contributed by atoms with E-state index < -0.39 is 0 Å². The summed E-state index contributed by atoms with van der Waals surface area (Å²) in [5.74, 6) is 0. The number of nitrogens with one attached hydrogen (secondary N) is 2. The molecule has 2 N–H and O–H groups in total. The van der Waals surface area contributed by atoms with E-state index in [0.717, 1.165) is 43.1 Å². The van der Waals surface area contributed by atoms with Crippen molar-refractivity contribution in [3.05, 3.63) is 60.3 Å². The number of hydrogen-bond donors (Lipinski definition) is 2. The topological polar surface area (TPSA) is 36.5 Å². The molecule has 0 bridgehead atoms. The van der Waals surface area contributed by atoms with Gasteiger partial charge >= 0.3 is 0 Å². The van der Waals surface area contributed by atoms with Gasteiger partial charge in [-0.15, -0.1) is 0 Å². The number of ether oxygens (including phenoxy) is 1. The highest BCUT2D eigenvalue weighted by Crippen LogP contribution is 2.20. The Morgan fingerprint density at radius 2 is 1.82 bits per heavy atom. The summed E-state index contributed by atoms with van der Waals surface area (Å²) in [5.41, 5.74) is 4.64. The van der Waals surface area contributed by atoms with E-state index in [9.17, 15) is 0 Å². The number of nitrogens with zero attached hydrogens (tertiary/aromatic N) is 1. The Kier molecular flexibility index (Phi) is 8.66. The SMILES string of the molecule is C=C(CCC1=CCCC=C1)Nc1ccc(NCOCCN2CCCCC2)cc1. The summed E-state index contributed by atoms with van der Waals surface area (Å²) in [7, 11) is 0. The Morgan fingerprint density at radius 3 is 2.57 bits per heavy atom. The van der Waals surface area contributed by atoms with Crippen LogP contribution >= 0.6 is 0 Å². The van der Waals surface area contributed by atoms with Crippen molar-refractivity contribution in [2.45, 2.75) is 44.9 Å². The van der Waals surface area contributed by atoms with Crippen LogP contribution in [0.1, 0.15) is 44.9 Å². The van der Waals surface area contributed by atoms with E-state index in [1.54, 1.807) is 0 Å². The van der Waals surface area contributed by atoms with E-state index in [-0.39, 0.29) is 0 Å². The molecule has 1 aromatic rings. The van der Waals surface area contributed by atoms with Crippen LogP contribution in [0.25, 0.3) is 0 Å². The third kappa shape index (κ3) is 7.53. The standard InChI is InChI=1S/C24H35N3O/c1-21(10-11-22-8-4-2-5-9-22)26-24-14-12-23(13-15-24)25-20-28-19-18-27-16-6-3-7-17-27/h4,8-9,12-15,25-26H,1-3,5-7,10-11,16-20H2. The van der Waals surface area contributed by atoms with Crippen molar-refractivity contribution in [1.29, 1.82) is 0 Å². The smallest absolute Gasteiger partial charge is 0.116 e. The zero-order valence-electron chi connectivity index (χ0n) is 17.1. The Bertz CT molecular complexity index is 657. The number of anilines is 2. The van der Waals surface area contributed by atoms with Gasteiger partial charge in [0.15, 0.2) is 0 Å². The number of benzene rings is 1. The van der Waals surface area contributed by atoms with E-state index in [0.29, 0.717) is 6.73 Å². The fourth-order valence-corrected chi connectivity index (χ4v) is 3.67. The molecule has 1 fully saturated rings. The molecule has 0 radical (unpaired) electrons. The molecule has 2 aliphatic rings. The average Bonchev–Trinajstić information content (AvgIpc) is 2.75. The first kappa shape index (κ1) is 20.7. The van der Waals surface area contributed by atoms with Gasteiger partial charge in [-0.2, -0.15) is 0 Å². The molecule has 0 spiro atoms. The number of allylic oxidation sites excluding steroid dienone is 5. The molecule has 0 atom stereocenters. The summed E-state index contributed by atoms with van der Waals surface area (Å²) in [6.45, 7) is 9.00. The van der Waals surface area contributed by atoms with Gasteiger partial charge in [0.05, 0.1) is 6.61 Å². The highest BCUT2D eigenvalue weighted by atomic mass is 16.5. The summed E-state index contributed by atoms with van der Waals surface area (Å²) in [6, 6.07) is 8.33. The Morgan fingerprint density at radius 1 is 1.04 bits per heavy atom. The van der Waals surface area contributed by atoms with Crippen molar-refractivity contribution in [2.24, 2.45) is 0 Å². The van der Waals surface area contributed by atoms with Crippen molar-refractivity contribution in [3.63, 3.8) is 0 Å². The van der Waals surface area contributed by atoms with E-state index in [1.165, 1.54) is 50.8 Å². The van der Waals surface area contributed by atoms with E-state index in [4.69, 9.17) is 4.74 Å². The lowest BCUT2D eigenvalue weighted by Gasteiger charge is -2.26. The molecule has 4 heteroatoms. The van der Waals surface area contributed by atoms with Crippen molar-refractivity contribution in [3.8, 4) is 0 Å². The molecule has 152 valence electrons. The van der Waals surface area contributed by atoms with Crippen molar-refractivity contribution < 1.29 is 4.74 Å². The third-order valence-electron chi connectivity index (χ3n) is 5.37. The summed E-state index contributed by atoms with van der Waals surface area (Å²) in [5, 5.41) is 6.74. The minimum absolute atomic E-state index is 0.552. The maximum atomic E-state index is 5.73.